The van der Waals surface area contributed by atoms with E-state index in [-0.39, 0.29) is 29.1 Å². The second-order valence-corrected chi connectivity index (χ2v) is 3.64. The van der Waals surface area contributed by atoms with Crippen LogP contribution < -0.4 is 21.3 Å². The third-order valence-electron chi connectivity index (χ3n) is 2.37. The number of hydrogen-bond acceptors (Lipinski definition) is 7. The van der Waals surface area contributed by atoms with Crippen molar-refractivity contribution in [3.05, 3.63) is 29.5 Å². The van der Waals surface area contributed by atoms with Crippen LogP contribution >= 0.6 is 0 Å². The van der Waals surface area contributed by atoms with Gasteiger partial charge in [0.2, 0.25) is 17.5 Å². The van der Waals surface area contributed by atoms with Crippen LogP contribution in [0, 0.1) is 5.21 Å². The summed E-state index contributed by atoms with van der Waals surface area (Å²) in [6, 6.07) is 6.28. The smallest absolute Gasteiger partial charge is 0.284 e. The number of benzene rings is 1. The van der Waals surface area contributed by atoms with E-state index < -0.39 is 0 Å². The lowest BCUT2D eigenvalue weighted by Gasteiger charge is -2.13. The molecule has 2 aromatic rings. The van der Waals surface area contributed by atoms with Gasteiger partial charge in [0.1, 0.15) is 5.75 Å². The van der Waals surface area contributed by atoms with Crippen LogP contribution in [0.4, 0.5) is 23.1 Å². The fourth-order valence-corrected chi connectivity index (χ4v) is 1.50. The highest BCUT2D eigenvalue weighted by Crippen LogP contribution is 2.28. The fraction of sp³-hybridized carbons (Fsp3) is 0.0909. The zero-order valence-electron chi connectivity index (χ0n) is 10.1. The summed E-state index contributed by atoms with van der Waals surface area (Å²) in [6.45, 7) is 0. The fourth-order valence-electron chi connectivity index (χ4n) is 1.50. The van der Waals surface area contributed by atoms with Crippen LogP contribution in [0.1, 0.15) is 0 Å². The zero-order valence-corrected chi connectivity index (χ0v) is 10.1. The molecule has 0 aliphatic carbocycles. The minimum absolute atomic E-state index is 0.0104. The first kappa shape index (κ1) is 12.9. The van der Waals surface area contributed by atoms with Crippen LogP contribution in [0.15, 0.2) is 24.3 Å². The molecule has 2 rings (SSSR count). The molecule has 1 heterocycles. The van der Waals surface area contributed by atoms with E-state index in [4.69, 9.17) is 10.5 Å². The number of hydrogen-bond donors (Lipinski definition) is 4. The topological polar surface area (TPSA) is 133 Å². The molecule has 0 amide bonds. The number of phenols is 1. The molecule has 1 aromatic heterocycles. The zero-order chi connectivity index (χ0) is 13.8. The van der Waals surface area contributed by atoms with Crippen molar-refractivity contribution in [2.75, 3.05) is 18.2 Å². The van der Waals surface area contributed by atoms with E-state index in [0.717, 1.165) is 0 Å². The highest BCUT2D eigenvalue weighted by Gasteiger charge is 2.16. The number of methoxy groups -OCH3 is 1. The third-order valence-corrected chi connectivity index (χ3v) is 2.37. The Morgan fingerprint density at radius 1 is 1.32 bits per heavy atom. The van der Waals surface area contributed by atoms with E-state index in [1.165, 1.54) is 19.2 Å². The normalized spacial score (nSPS) is 10.2. The van der Waals surface area contributed by atoms with Gasteiger partial charge in [-0.3, -0.25) is 0 Å². The highest BCUT2D eigenvalue weighted by atomic mass is 16.5. The number of phenolic OH excluding ortho intramolecular Hbond substituents is 1. The largest absolute Gasteiger partial charge is 0.630 e. The molecule has 0 aliphatic rings. The van der Waals surface area contributed by atoms with Gasteiger partial charge >= 0.3 is 0 Å². The van der Waals surface area contributed by atoms with Crippen LogP contribution in [0.5, 0.6) is 11.6 Å². The van der Waals surface area contributed by atoms with Crippen molar-refractivity contribution in [3.8, 4) is 11.6 Å². The predicted octanol–water partition coefficient (Wildman–Crippen LogP) is 0.209. The summed E-state index contributed by atoms with van der Waals surface area (Å²) in [4.78, 5) is 7.76. The van der Waals surface area contributed by atoms with Gasteiger partial charge in [-0.1, -0.05) is 0 Å². The number of rotatable bonds is 4. The average molecular weight is 263 g/mol. The summed E-state index contributed by atoms with van der Waals surface area (Å²) in [6.07, 6.45) is 0. The van der Waals surface area contributed by atoms with Crippen molar-refractivity contribution in [2.45, 2.75) is 0 Å². The summed E-state index contributed by atoms with van der Waals surface area (Å²) in [5, 5.41) is 23.2. The second kappa shape index (κ2) is 5.38. The van der Waals surface area contributed by atoms with E-state index >= 15 is 0 Å². The number of nitrogens with zero attached hydrogens (tertiary/aromatic N) is 2. The number of nitrogens with one attached hydrogen (secondary N) is 1. The Labute approximate surface area is 108 Å². The molecule has 8 heteroatoms. The molecule has 0 unspecified atom stereocenters. The van der Waals surface area contributed by atoms with Gasteiger partial charge in [-0.05, 0) is 24.3 Å². The second-order valence-electron chi connectivity index (χ2n) is 3.64. The molecule has 0 radical (unpaired) electrons. The number of aromatic nitrogens is 2. The molecule has 0 saturated heterocycles. The minimum atomic E-state index is -0.0104. The van der Waals surface area contributed by atoms with E-state index in [2.05, 4.69) is 15.3 Å². The Balaban J connectivity index is 2.38. The molecule has 8 nitrogen and oxygen atoms in total. The quantitative estimate of drug-likeness (QED) is 0.457. The van der Waals surface area contributed by atoms with Crippen LogP contribution in [0.3, 0.4) is 0 Å². The monoisotopic (exact) mass is 263 g/mol. The molecule has 0 spiro atoms. The number of nitrogens with two attached hydrogens (primary N) is 2. The van der Waals surface area contributed by atoms with E-state index in [1.54, 1.807) is 12.1 Å². The number of aromatic hydroxyl groups is 1. The van der Waals surface area contributed by atoms with Gasteiger partial charge in [0.05, 0.1) is 7.11 Å². The van der Waals surface area contributed by atoms with Gasteiger partial charge in [0.15, 0.2) is 0 Å². The molecular formula is C11H13N5O3. The van der Waals surface area contributed by atoms with Crippen LogP contribution in [0.2, 0.25) is 0 Å². The molecule has 0 bridgehead atoms. The first-order valence-electron chi connectivity index (χ1n) is 5.36. The Hall–Kier alpha value is -2.58. The van der Waals surface area contributed by atoms with Crippen molar-refractivity contribution >= 4 is 23.1 Å². The number of ether oxygens (including phenoxy) is 1. The number of anilines is 3. The predicted molar refractivity (Wildman–Crippen MR) is 69.3 cm³/mol. The first-order valence-corrected chi connectivity index (χ1v) is 5.36. The molecule has 0 fully saturated rings. The van der Waals surface area contributed by atoms with E-state index in [0.29, 0.717) is 11.2 Å². The molecule has 1 aromatic carbocycles. The van der Waals surface area contributed by atoms with Crippen molar-refractivity contribution < 1.29 is 15.3 Å². The molecule has 0 atom stereocenters. The number of quaternary nitrogens is 1. The lowest BCUT2D eigenvalue weighted by Crippen LogP contribution is -2.70. The van der Waals surface area contributed by atoms with Crippen LogP contribution in [-0.4, -0.2) is 22.2 Å². The van der Waals surface area contributed by atoms with Crippen molar-refractivity contribution in [1.29, 1.82) is 0 Å². The first-order chi connectivity index (χ1) is 9.13. The van der Waals surface area contributed by atoms with Gasteiger partial charge in [0.25, 0.3) is 5.88 Å². The third kappa shape index (κ3) is 2.81. The van der Waals surface area contributed by atoms with Crippen LogP contribution in [0.25, 0.3) is 0 Å². The van der Waals surface area contributed by atoms with Gasteiger partial charge in [0, 0.05) is 5.69 Å². The Morgan fingerprint density at radius 3 is 2.58 bits per heavy atom. The summed E-state index contributed by atoms with van der Waals surface area (Å²) in [5.41, 5.74) is 6.93. The Morgan fingerprint density at radius 2 is 2.00 bits per heavy atom. The summed E-state index contributed by atoms with van der Waals surface area (Å²) < 4.78 is 4.97. The molecular weight excluding hydrogens is 250 g/mol. The SMILES string of the molecule is COc1nc(N)nc(Nc2ccc(O)cc2)c1[NH2+][O-]. The summed E-state index contributed by atoms with van der Waals surface area (Å²) >= 11 is 0. The molecule has 0 saturated carbocycles. The average Bonchev–Trinajstić information content (AvgIpc) is 2.40. The van der Waals surface area contributed by atoms with E-state index in [1.807, 2.05) is 0 Å². The lowest BCUT2D eigenvalue weighted by molar-refractivity contribution is -0.497. The Bertz CT molecular complexity index is 573. The van der Waals surface area contributed by atoms with Gasteiger partial charge < -0.3 is 31.6 Å². The minimum Gasteiger partial charge on any atom is -0.630 e. The van der Waals surface area contributed by atoms with Gasteiger partial charge in [-0.2, -0.15) is 9.97 Å². The highest BCUT2D eigenvalue weighted by molar-refractivity contribution is 5.69. The molecule has 19 heavy (non-hydrogen) atoms. The van der Waals surface area contributed by atoms with Crippen molar-refractivity contribution in [2.24, 2.45) is 0 Å². The maximum atomic E-state index is 11.1. The lowest BCUT2D eigenvalue weighted by atomic mass is 10.3. The summed E-state index contributed by atoms with van der Waals surface area (Å²) in [7, 11) is 1.39. The van der Waals surface area contributed by atoms with Crippen molar-refractivity contribution in [3.63, 3.8) is 0 Å². The van der Waals surface area contributed by atoms with E-state index in [9.17, 15) is 10.3 Å². The molecule has 0 aliphatic heterocycles. The Kier molecular flexibility index (Phi) is 3.64. The molecule has 100 valence electrons. The van der Waals surface area contributed by atoms with Crippen LogP contribution in [-0.2, 0) is 0 Å². The van der Waals surface area contributed by atoms with Crippen molar-refractivity contribution in [1.82, 2.24) is 9.97 Å². The molecule has 6 N–H and O–H groups in total. The van der Waals surface area contributed by atoms with Gasteiger partial charge in [-0.25, -0.2) is 0 Å². The standard InChI is InChI=1S/C11H13N5O3/c1-19-10-8(16-18)9(14-11(12)15-10)13-6-2-4-7(17)5-3-6/h2-5,17H,16H2,1H3,(H3,12,13,14,15). The maximum Gasteiger partial charge on any atom is 0.284 e. The number of nitrogen functional groups attached to an aromatic ring is 1. The summed E-state index contributed by atoms with van der Waals surface area (Å²) in [5.74, 6) is 0.471. The van der Waals surface area contributed by atoms with Gasteiger partial charge in [-0.15, -0.1) is 0 Å². The maximum absolute atomic E-state index is 11.1.